The Bertz CT molecular complexity index is 1250. The van der Waals surface area contributed by atoms with Crippen molar-refractivity contribution < 1.29 is 14.3 Å². The van der Waals surface area contributed by atoms with Gasteiger partial charge in [0.25, 0.3) is 11.8 Å². The van der Waals surface area contributed by atoms with Crippen LogP contribution in [0, 0.1) is 0 Å². The Labute approximate surface area is 197 Å². The fourth-order valence-corrected chi connectivity index (χ4v) is 5.23. The molecule has 3 aromatic rings. The van der Waals surface area contributed by atoms with E-state index in [2.05, 4.69) is 22.8 Å². The molecule has 5 nitrogen and oxygen atoms in total. The van der Waals surface area contributed by atoms with Crippen molar-refractivity contribution in [1.29, 1.82) is 0 Å². The molecule has 166 valence electrons. The minimum Gasteiger partial charge on any atom is -0.497 e. The van der Waals surface area contributed by atoms with Crippen LogP contribution in [0.4, 0.5) is 5.69 Å². The number of nitrogens with one attached hydrogen (secondary N) is 2. The van der Waals surface area contributed by atoms with Gasteiger partial charge in [-0.2, -0.15) is 0 Å². The first kappa shape index (κ1) is 21.3. The van der Waals surface area contributed by atoms with Gasteiger partial charge in [-0.05, 0) is 72.4 Å². The molecule has 0 fully saturated rings. The van der Waals surface area contributed by atoms with Gasteiger partial charge in [-0.25, -0.2) is 0 Å². The average Bonchev–Trinajstić information content (AvgIpc) is 2.85. The zero-order valence-electron chi connectivity index (χ0n) is 18.3. The van der Waals surface area contributed by atoms with E-state index in [0.29, 0.717) is 16.2 Å². The maximum Gasteiger partial charge on any atom is 0.262 e. The molecule has 0 bridgehead atoms. The number of fused-ring (bicyclic) bond motifs is 2. The topological polar surface area (TPSA) is 67.4 Å². The third-order valence-electron chi connectivity index (χ3n) is 6.02. The monoisotopic (exact) mass is 456 g/mol. The van der Waals surface area contributed by atoms with E-state index in [9.17, 15) is 9.59 Å². The van der Waals surface area contributed by atoms with Gasteiger partial charge in [-0.1, -0.05) is 48.2 Å². The summed E-state index contributed by atoms with van der Waals surface area (Å²) in [5.41, 5.74) is 4.63. The lowest BCUT2D eigenvalue weighted by Crippen LogP contribution is -2.31. The lowest BCUT2D eigenvalue weighted by molar-refractivity contribution is -0.112. The molecule has 1 atom stereocenters. The number of thioether (sulfide) groups is 1. The number of hydrogen-bond acceptors (Lipinski definition) is 4. The molecule has 2 N–H and O–H groups in total. The van der Waals surface area contributed by atoms with Crippen LogP contribution >= 0.6 is 11.8 Å². The molecular weight excluding hydrogens is 432 g/mol. The molecule has 0 unspecified atom stereocenters. The molecule has 2 amide bonds. The first-order valence-corrected chi connectivity index (χ1v) is 11.8. The number of anilines is 1. The van der Waals surface area contributed by atoms with Gasteiger partial charge in [0, 0.05) is 10.5 Å². The van der Waals surface area contributed by atoms with E-state index in [-0.39, 0.29) is 17.9 Å². The largest absolute Gasteiger partial charge is 0.497 e. The Kier molecular flexibility index (Phi) is 5.92. The number of ether oxygens (including phenoxy) is 1. The fraction of sp³-hybridized carbons (Fsp3) is 0.185. The van der Waals surface area contributed by atoms with Crippen molar-refractivity contribution in [2.45, 2.75) is 30.2 Å². The summed E-state index contributed by atoms with van der Waals surface area (Å²) >= 11 is 1.40. The molecule has 1 aliphatic heterocycles. The molecule has 0 aromatic heterocycles. The van der Waals surface area contributed by atoms with Gasteiger partial charge in [0.15, 0.2) is 0 Å². The number of benzene rings is 3. The fourth-order valence-electron chi connectivity index (χ4n) is 4.30. The number of rotatable bonds is 4. The average molecular weight is 457 g/mol. The van der Waals surface area contributed by atoms with E-state index in [0.717, 1.165) is 35.5 Å². The van der Waals surface area contributed by atoms with Crippen LogP contribution in [0.5, 0.6) is 5.75 Å². The quantitative estimate of drug-likeness (QED) is 0.503. The number of amides is 2. The number of methoxy groups -OCH3 is 1. The second-order valence-electron chi connectivity index (χ2n) is 8.17. The lowest BCUT2D eigenvalue weighted by atomic mass is 9.87. The highest BCUT2D eigenvalue weighted by molar-refractivity contribution is 8.04. The van der Waals surface area contributed by atoms with Gasteiger partial charge in [-0.15, -0.1) is 0 Å². The molecule has 2 aliphatic rings. The predicted molar refractivity (Wildman–Crippen MR) is 131 cm³/mol. The molecule has 3 aromatic carbocycles. The van der Waals surface area contributed by atoms with Crippen molar-refractivity contribution in [1.82, 2.24) is 5.32 Å². The molecule has 1 heterocycles. The Balaban J connectivity index is 1.33. The summed E-state index contributed by atoms with van der Waals surface area (Å²) in [6, 6.07) is 21.3. The second kappa shape index (κ2) is 9.16. The molecule has 1 aliphatic carbocycles. The van der Waals surface area contributed by atoms with Crippen LogP contribution in [0.25, 0.3) is 6.08 Å². The first-order chi connectivity index (χ1) is 16.1. The third-order valence-corrected chi connectivity index (χ3v) is 7.12. The molecule has 33 heavy (non-hydrogen) atoms. The number of aryl methyl sites for hydroxylation is 1. The normalized spacial score (nSPS) is 18.2. The number of carbonyl (C=O) groups is 2. The van der Waals surface area contributed by atoms with Crippen LogP contribution in [0.2, 0.25) is 0 Å². The SMILES string of the molecule is COc1ccc(/C=C2/Sc3ccc(C(=O)N[C@@H]4CCCc5ccccc54)cc3NC2=O)cc1. The highest BCUT2D eigenvalue weighted by Gasteiger charge is 2.25. The van der Waals surface area contributed by atoms with Crippen LogP contribution < -0.4 is 15.4 Å². The molecule has 0 spiro atoms. The van der Waals surface area contributed by atoms with E-state index in [1.807, 2.05) is 54.6 Å². The summed E-state index contributed by atoms with van der Waals surface area (Å²) in [5.74, 6) is 0.464. The number of carbonyl (C=O) groups excluding carboxylic acids is 2. The Morgan fingerprint density at radius 3 is 2.76 bits per heavy atom. The Morgan fingerprint density at radius 2 is 1.94 bits per heavy atom. The predicted octanol–water partition coefficient (Wildman–Crippen LogP) is 5.59. The summed E-state index contributed by atoms with van der Waals surface area (Å²) in [6.07, 6.45) is 4.89. The molecular formula is C27H24N2O3S. The molecule has 0 radical (unpaired) electrons. The van der Waals surface area contributed by atoms with Crippen LogP contribution in [-0.4, -0.2) is 18.9 Å². The van der Waals surface area contributed by atoms with Crippen molar-refractivity contribution in [3.63, 3.8) is 0 Å². The summed E-state index contributed by atoms with van der Waals surface area (Å²) in [4.78, 5) is 27.2. The van der Waals surface area contributed by atoms with Crippen molar-refractivity contribution in [2.24, 2.45) is 0 Å². The first-order valence-electron chi connectivity index (χ1n) is 11.0. The lowest BCUT2D eigenvalue weighted by Gasteiger charge is -2.26. The van der Waals surface area contributed by atoms with E-state index in [1.54, 1.807) is 13.2 Å². The highest BCUT2D eigenvalue weighted by atomic mass is 32.2. The van der Waals surface area contributed by atoms with Crippen LogP contribution in [0.1, 0.15) is 45.9 Å². The minimum atomic E-state index is -0.179. The molecule has 6 heteroatoms. The zero-order chi connectivity index (χ0) is 22.8. The maximum absolute atomic E-state index is 13.0. The van der Waals surface area contributed by atoms with E-state index in [1.165, 1.54) is 22.9 Å². The summed E-state index contributed by atoms with van der Waals surface area (Å²) < 4.78 is 5.18. The van der Waals surface area contributed by atoms with Crippen molar-refractivity contribution in [3.8, 4) is 5.75 Å². The second-order valence-corrected chi connectivity index (χ2v) is 9.25. The van der Waals surface area contributed by atoms with Crippen LogP contribution in [-0.2, 0) is 11.2 Å². The van der Waals surface area contributed by atoms with Crippen LogP contribution in [0.15, 0.2) is 76.5 Å². The summed E-state index contributed by atoms with van der Waals surface area (Å²) in [6.45, 7) is 0. The molecule has 0 saturated heterocycles. The van der Waals surface area contributed by atoms with Gasteiger partial charge < -0.3 is 15.4 Å². The molecule has 5 rings (SSSR count). The van der Waals surface area contributed by atoms with E-state index >= 15 is 0 Å². The van der Waals surface area contributed by atoms with Crippen LogP contribution in [0.3, 0.4) is 0 Å². The van der Waals surface area contributed by atoms with Crippen molar-refractivity contribution in [3.05, 3.63) is 93.9 Å². The van der Waals surface area contributed by atoms with Crippen molar-refractivity contribution in [2.75, 3.05) is 12.4 Å². The summed E-state index contributed by atoms with van der Waals surface area (Å²) in [5, 5.41) is 6.11. The van der Waals surface area contributed by atoms with E-state index in [4.69, 9.17) is 4.74 Å². The Hall–Kier alpha value is -3.51. The van der Waals surface area contributed by atoms with Gasteiger partial charge in [-0.3, -0.25) is 9.59 Å². The minimum absolute atomic E-state index is 0.0153. The van der Waals surface area contributed by atoms with E-state index < -0.39 is 0 Å². The van der Waals surface area contributed by atoms with Gasteiger partial charge >= 0.3 is 0 Å². The van der Waals surface area contributed by atoms with Gasteiger partial charge in [0.05, 0.1) is 23.7 Å². The van der Waals surface area contributed by atoms with Gasteiger partial charge in [0.1, 0.15) is 5.75 Å². The Morgan fingerprint density at radius 1 is 1.12 bits per heavy atom. The maximum atomic E-state index is 13.0. The van der Waals surface area contributed by atoms with Gasteiger partial charge in [0.2, 0.25) is 0 Å². The molecule has 0 saturated carbocycles. The summed E-state index contributed by atoms with van der Waals surface area (Å²) in [7, 11) is 1.62. The number of hydrogen-bond donors (Lipinski definition) is 2. The third kappa shape index (κ3) is 4.52. The smallest absolute Gasteiger partial charge is 0.262 e. The standard InChI is InChI=1S/C27H24N2O3S/c1-32-20-12-9-17(10-13-20)15-25-27(31)29-23-16-19(11-14-24(23)33-25)26(30)28-22-8-4-6-18-5-2-3-7-21(18)22/h2-3,5,7,9-16,22H,4,6,8H2,1H3,(H,28,30)(H,29,31)/b25-15+/t22-/m1/s1. The van der Waals surface area contributed by atoms with Crippen molar-refractivity contribution >= 4 is 35.3 Å². The zero-order valence-corrected chi connectivity index (χ0v) is 19.1. The highest BCUT2D eigenvalue weighted by Crippen LogP contribution is 2.39.